The Morgan fingerprint density at radius 1 is 1.41 bits per heavy atom. The Hall–Kier alpha value is 0.0100. The topological polar surface area (TPSA) is 63.3 Å². The summed E-state index contributed by atoms with van der Waals surface area (Å²) in [5, 5.41) is 0. The second-order valence-electron chi connectivity index (χ2n) is 3.19. The van der Waals surface area contributed by atoms with Crippen LogP contribution in [0.1, 0.15) is 20.8 Å². The summed E-state index contributed by atoms with van der Waals surface area (Å²) in [7, 11) is -2.42. The van der Waals surface area contributed by atoms with E-state index in [2.05, 4.69) is 0 Å². The fraction of sp³-hybridized carbons (Fsp3) is 0.455. The van der Waals surface area contributed by atoms with Crippen molar-refractivity contribution in [2.75, 3.05) is 5.88 Å². The number of hydrogen-bond acceptors (Lipinski definition) is 3. The molecular weight excluding hydrogens is 277 g/mol. The van der Waals surface area contributed by atoms with Crippen molar-refractivity contribution in [3.05, 3.63) is 30.3 Å². The second kappa shape index (κ2) is 14.1. The van der Waals surface area contributed by atoms with E-state index in [0.29, 0.717) is 6.04 Å². The highest BCUT2D eigenvalue weighted by molar-refractivity contribution is 8.50. The zero-order valence-corrected chi connectivity index (χ0v) is 13.0. The van der Waals surface area contributed by atoms with Crippen molar-refractivity contribution in [2.45, 2.75) is 31.7 Å². The standard InChI is InChI=1S/C6H7O2PS.C3H9N.C2H5Cl/c7-9(8)10-6-4-2-1-3-5-6;1-3(2)4;1-2-3/h1-5,9H,(H,7,8);3H,4H2,1-2H3;2H2,1H3. The lowest BCUT2D eigenvalue weighted by atomic mass is 10.4. The normalized spacial score (nSPS) is 10.8. The SMILES string of the molecule is CC(C)N.CCCl.O=[PH](O)Sc1ccccc1. The minimum Gasteiger partial charge on any atom is -0.339 e. The molecule has 1 rings (SSSR count). The van der Waals surface area contributed by atoms with E-state index >= 15 is 0 Å². The number of hydrogen-bond donors (Lipinski definition) is 2. The van der Waals surface area contributed by atoms with Gasteiger partial charge in [0.25, 0.3) is 0 Å². The van der Waals surface area contributed by atoms with Crippen molar-refractivity contribution in [2.24, 2.45) is 5.73 Å². The number of benzene rings is 1. The van der Waals surface area contributed by atoms with Crippen molar-refractivity contribution in [3.63, 3.8) is 0 Å². The van der Waals surface area contributed by atoms with E-state index in [0.717, 1.165) is 22.2 Å². The maximum atomic E-state index is 10.3. The largest absolute Gasteiger partial charge is 0.339 e. The molecule has 6 heteroatoms. The van der Waals surface area contributed by atoms with Crippen molar-refractivity contribution in [1.29, 1.82) is 0 Å². The molecule has 100 valence electrons. The Labute approximate surface area is 113 Å². The number of halogens is 1. The first kappa shape index (κ1) is 19.4. The van der Waals surface area contributed by atoms with Gasteiger partial charge in [-0.15, -0.1) is 11.6 Å². The Morgan fingerprint density at radius 3 is 2.06 bits per heavy atom. The molecular formula is C11H21ClNO2PS. The zero-order chi connectivity index (χ0) is 13.7. The van der Waals surface area contributed by atoms with E-state index in [1.807, 2.05) is 51.1 Å². The van der Waals surface area contributed by atoms with Gasteiger partial charge in [0.05, 0.1) is 0 Å². The first-order valence-corrected chi connectivity index (χ1v) is 8.64. The van der Waals surface area contributed by atoms with Crippen LogP contribution in [-0.2, 0) is 4.57 Å². The lowest BCUT2D eigenvalue weighted by molar-refractivity contribution is 0.519. The summed E-state index contributed by atoms with van der Waals surface area (Å²) in [6, 6.07) is 9.51. The third kappa shape index (κ3) is 21.8. The van der Waals surface area contributed by atoms with E-state index in [1.54, 1.807) is 0 Å². The van der Waals surface area contributed by atoms with Crippen molar-refractivity contribution in [1.82, 2.24) is 0 Å². The third-order valence-electron chi connectivity index (χ3n) is 0.948. The predicted molar refractivity (Wildman–Crippen MR) is 79.2 cm³/mol. The molecule has 0 aliphatic carbocycles. The second-order valence-corrected chi connectivity index (χ2v) is 6.59. The summed E-state index contributed by atoms with van der Waals surface area (Å²) >= 11 is 6.00. The van der Waals surface area contributed by atoms with Gasteiger partial charge in [-0.2, -0.15) is 0 Å². The van der Waals surface area contributed by atoms with Gasteiger partial charge in [-0.05, 0) is 29.6 Å². The molecule has 0 aliphatic heterocycles. The molecule has 0 fully saturated rings. The highest BCUT2D eigenvalue weighted by Gasteiger charge is 1.94. The highest BCUT2D eigenvalue weighted by Crippen LogP contribution is 2.39. The van der Waals surface area contributed by atoms with Gasteiger partial charge in [-0.25, -0.2) is 0 Å². The number of rotatable bonds is 2. The van der Waals surface area contributed by atoms with Crippen LogP contribution in [0.2, 0.25) is 0 Å². The number of alkyl halides is 1. The van der Waals surface area contributed by atoms with E-state index in [4.69, 9.17) is 22.2 Å². The molecule has 1 aromatic rings. The molecule has 0 saturated carbocycles. The molecule has 0 aliphatic rings. The van der Waals surface area contributed by atoms with Crippen molar-refractivity contribution >= 4 is 30.2 Å². The smallest absolute Gasteiger partial charge is 0.248 e. The van der Waals surface area contributed by atoms with E-state index < -0.39 is 7.23 Å². The van der Waals surface area contributed by atoms with Crippen LogP contribution in [0.15, 0.2) is 35.2 Å². The van der Waals surface area contributed by atoms with Gasteiger partial charge in [0.15, 0.2) is 0 Å². The highest BCUT2D eigenvalue weighted by atomic mass is 35.5. The van der Waals surface area contributed by atoms with Gasteiger partial charge in [-0.3, -0.25) is 4.57 Å². The summed E-state index contributed by atoms with van der Waals surface area (Å²) in [6.45, 7) is 5.78. The van der Waals surface area contributed by atoms with E-state index in [-0.39, 0.29) is 0 Å². The van der Waals surface area contributed by atoms with Crippen LogP contribution < -0.4 is 5.73 Å². The van der Waals surface area contributed by atoms with Crippen LogP contribution in [0.5, 0.6) is 0 Å². The van der Waals surface area contributed by atoms with E-state index in [1.165, 1.54) is 0 Å². The minimum atomic E-state index is -2.42. The van der Waals surface area contributed by atoms with Gasteiger partial charge in [-0.1, -0.05) is 39.0 Å². The molecule has 1 aromatic carbocycles. The average Bonchev–Trinajstić information content (AvgIpc) is 2.18. The first-order chi connectivity index (χ1) is 7.93. The van der Waals surface area contributed by atoms with Crippen LogP contribution in [0.25, 0.3) is 0 Å². The Kier molecular flexibility index (Phi) is 16.0. The maximum absolute atomic E-state index is 10.3. The lowest BCUT2D eigenvalue weighted by Crippen LogP contribution is -2.06. The summed E-state index contributed by atoms with van der Waals surface area (Å²) in [6.07, 6.45) is 0. The molecule has 0 spiro atoms. The lowest BCUT2D eigenvalue weighted by Gasteiger charge is -1.93. The maximum Gasteiger partial charge on any atom is 0.248 e. The average molecular weight is 298 g/mol. The molecule has 17 heavy (non-hydrogen) atoms. The summed E-state index contributed by atoms with van der Waals surface area (Å²) in [4.78, 5) is 9.36. The van der Waals surface area contributed by atoms with Crippen molar-refractivity contribution < 1.29 is 9.46 Å². The summed E-state index contributed by atoms with van der Waals surface area (Å²) < 4.78 is 10.3. The quantitative estimate of drug-likeness (QED) is 0.644. The molecule has 1 atom stereocenters. The van der Waals surface area contributed by atoms with Crippen LogP contribution in [0.3, 0.4) is 0 Å². The Bertz CT molecular complexity index is 283. The molecule has 1 unspecified atom stereocenters. The Morgan fingerprint density at radius 2 is 1.76 bits per heavy atom. The molecule has 0 saturated heterocycles. The fourth-order valence-electron chi connectivity index (χ4n) is 0.589. The fourth-order valence-corrected chi connectivity index (χ4v) is 2.10. The molecule has 0 aromatic heterocycles. The number of nitrogens with two attached hydrogens (primary N) is 1. The first-order valence-electron chi connectivity index (χ1n) is 5.21. The summed E-state index contributed by atoms with van der Waals surface area (Å²) in [5.41, 5.74) is 5.11. The van der Waals surface area contributed by atoms with Crippen LogP contribution in [-0.4, -0.2) is 16.8 Å². The molecule has 0 bridgehead atoms. The summed E-state index contributed by atoms with van der Waals surface area (Å²) in [5.74, 6) is 0.722. The van der Waals surface area contributed by atoms with Gasteiger partial charge < -0.3 is 10.6 Å². The molecule has 0 radical (unpaired) electrons. The predicted octanol–water partition coefficient (Wildman–Crippen LogP) is 3.76. The molecule has 3 N–H and O–H groups in total. The van der Waals surface area contributed by atoms with Gasteiger partial charge in [0.1, 0.15) is 0 Å². The molecule has 0 heterocycles. The van der Waals surface area contributed by atoms with E-state index in [9.17, 15) is 4.57 Å². The van der Waals surface area contributed by atoms with Crippen LogP contribution in [0, 0.1) is 0 Å². The monoisotopic (exact) mass is 297 g/mol. The van der Waals surface area contributed by atoms with Crippen LogP contribution >= 0.6 is 30.2 Å². The Balaban J connectivity index is 0. The van der Waals surface area contributed by atoms with Gasteiger partial charge in [0, 0.05) is 10.8 Å². The zero-order valence-electron chi connectivity index (χ0n) is 10.4. The van der Waals surface area contributed by atoms with Crippen molar-refractivity contribution in [3.8, 4) is 0 Å². The molecule has 3 nitrogen and oxygen atoms in total. The third-order valence-corrected chi connectivity index (χ3v) is 2.86. The minimum absolute atomic E-state index is 0.333. The molecule has 0 amide bonds. The van der Waals surface area contributed by atoms with Crippen LogP contribution in [0.4, 0.5) is 0 Å². The van der Waals surface area contributed by atoms with Gasteiger partial charge >= 0.3 is 0 Å². The van der Waals surface area contributed by atoms with Gasteiger partial charge in [0.2, 0.25) is 7.23 Å².